The van der Waals surface area contributed by atoms with Crippen molar-refractivity contribution in [1.29, 1.82) is 0 Å². The second kappa shape index (κ2) is 6.40. The number of hydrogen-bond donors (Lipinski definition) is 0. The van der Waals surface area contributed by atoms with Crippen molar-refractivity contribution in [3.05, 3.63) is 95.1 Å². The van der Waals surface area contributed by atoms with E-state index in [2.05, 4.69) is 27.6 Å². The highest BCUT2D eigenvalue weighted by Crippen LogP contribution is 2.32. The fraction of sp³-hybridized carbons (Fsp3) is 0.0833. The molecule has 4 nitrogen and oxygen atoms in total. The number of furan rings is 1. The molecule has 0 fully saturated rings. The summed E-state index contributed by atoms with van der Waals surface area (Å²) in [6, 6.07) is 18.2. The number of aliphatic imine (C=N–C) groups is 1. The summed E-state index contributed by atoms with van der Waals surface area (Å²) in [5, 5.41) is 0. The van der Waals surface area contributed by atoms with Gasteiger partial charge in [0.05, 0.1) is 29.9 Å². The zero-order chi connectivity index (χ0) is 19.1. The molecule has 28 heavy (non-hydrogen) atoms. The molecule has 0 spiro atoms. The Labute approximate surface area is 163 Å². The van der Waals surface area contributed by atoms with Gasteiger partial charge >= 0.3 is 0 Å². The minimum Gasteiger partial charge on any atom is -0.462 e. The van der Waals surface area contributed by atoms with Gasteiger partial charge in [-0.1, -0.05) is 36.3 Å². The van der Waals surface area contributed by atoms with Gasteiger partial charge in [0.1, 0.15) is 12.0 Å². The van der Waals surface area contributed by atoms with Gasteiger partial charge in [-0.3, -0.25) is 9.56 Å². The second-order valence-electron chi connectivity index (χ2n) is 6.75. The summed E-state index contributed by atoms with van der Waals surface area (Å²) in [4.78, 5) is 9.61. The first kappa shape index (κ1) is 16.3. The topological polar surface area (TPSA) is 43.3 Å². The first-order chi connectivity index (χ1) is 13.8. The Morgan fingerprint density at radius 1 is 1.11 bits per heavy atom. The highest BCUT2D eigenvalue weighted by atomic mass is 16.3. The van der Waals surface area contributed by atoms with Gasteiger partial charge < -0.3 is 4.42 Å². The Morgan fingerprint density at radius 3 is 2.71 bits per heavy atom. The Morgan fingerprint density at radius 2 is 1.96 bits per heavy atom. The van der Waals surface area contributed by atoms with E-state index in [1.807, 2.05) is 55.7 Å². The van der Waals surface area contributed by atoms with Crippen LogP contribution in [0.15, 0.2) is 76.6 Å². The van der Waals surface area contributed by atoms with Crippen LogP contribution in [0, 0.1) is 19.3 Å². The third-order valence-corrected chi connectivity index (χ3v) is 5.06. The molecule has 0 saturated heterocycles. The van der Waals surface area contributed by atoms with Crippen LogP contribution in [-0.2, 0) is 6.54 Å². The molecule has 0 aliphatic carbocycles. The van der Waals surface area contributed by atoms with Crippen molar-refractivity contribution in [3.8, 4) is 29.5 Å². The van der Waals surface area contributed by atoms with E-state index in [9.17, 15) is 0 Å². The lowest BCUT2D eigenvalue weighted by atomic mass is 9.98. The van der Waals surface area contributed by atoms with E-state index in [0.717, 1.165) is 50.8 Å². The maximum absolute atomic E-state index is 5.70. The molecule has 1 aliphatic rings. The van der Waals surface area contributed by atoms with Gasteiger partial charge in [-0.25, -0.2) is 4.98 Å². The highest BCUT2D eigenvalue weighted by molar-refractivity contribution is 6.15. The molecule has 134 valence electrons. The maximum atomic E-state index is 5.70. The lowest BCUT2D eigenvalue weighted by Crippen LogP contribution is -2.07. The molecule has 0 bridgehead atoms. The smallest absolute Gasteiger partial charge is 0.157 e. The number of benzene rings is 2. The van der Waals surface area contributed by atoms with E-state index >= 15 is 0 Å². The molecule has 0 amide bonds. The van der Waals surface area contributed by atoms with Crippen molar-refractivity contribution in [2.45, 2.75) is 13.5 Å². The third-order valence-electron chi connectivity index (χ3n) is 5.06. The molecular formula is C24H17N3O. The maximum Gasteiger partial charge on any atom is 0.157 e. The molecule has 0 saturated carbocycles. The van der Waals surface area contributed by atoms with E-state index in [4.69, 9.17) is 15.8 Å². The predicted molar refractivity (Wildman–Crippen MR) is 110 cm³/mol. The Kier molecular flexibility index (Phi) is 3.73. The summed E-state index contributed by atoms with van der Waals surface area (Å²) in [5.41, 5.74) is 7.71. The molecule has 0 unspecified atom stereocenters. The fourth-order valence-electron chi connectivity index (χ4n) is 3.64. The first-order valence-electron chi connectivity index (χ1n) is 9.08. The van der Waals surface area contributed by atoms with Crippen LogP contribution < -0.4 is 0 Å². The van der Waals surface area contributed by atoms with E-state index < -0.39 is 0 Å². The average molecular weight is 363 g/mol. The van der Waals surface area contributed by atoms with Crippen LogP contribution >= 0.6 is 0 Å². The van der Waals surface area contributed by atoms with Crippen molar-refractivity contribution in [2.75, 3.05) is 0 Å². The largest absolute Gasteiger partial charge is 0.462 e. The summed E-state index contributed by atoms with van der Waals surface area (Å²) < 4.78 is 7.79. The molecule has 4 heteroatoms. The molecule has 1 aliphatic heterocycles. The molecule has 0 N–H and O–H groups in total. The number of fused-ring (bicyclic) bond motifs is 3. The van der Waals surface area contributed by atoms with Gasteiger partial charge in [-0.15, -0.1) is 6.42 Å². The SMILES string of the molecule is C#Cc1ccc2c(c1)C(c1ccccc1)=NCc1c(-c3occc3C)ncn1-2. The quantitative estimate of drug-likeness (QED) is 0.481. The summed E-state index contributed by atoms with van der Waals surface area (Å²) in [6.07, 6.45) is 9.20. The molecule has 2 aromatic carbocycles. The molecule has 0 atom stereocenters. The Balaban J connectivity index is 1.77. The van der Waals surface area contributed by atoms with E-state index in [0.29, 0.717) is 6.54 Å². The molecular weight excluding hydrogens is 346 g/mol. The second-order valence-corrected chi connectivity index (χ2v) is 6.75. The number of nitrogens with zero attached hydrogens (tertiary/aromatic N) is 3. The van der Waals surface area contributed by atoms with Gasteiger partial charge in [-0.2, -0.15) is 0 Å². The number of aromatic nitrogens is 2. The lowest BCUT2D eigenvalue weighted by molar-refractivity contribution is 0.578. The van der Waals surface area contributed by atoms with Crippen LogP contribution in [0.5, 0.6) is 0 Å². The summed E-state index contributed by atoms with van der Waals surface area (Å²) in [5.74, 6) is 3.52. The molecule has 5 rings (SSSR count). The van der Waals surface area contributed by atoms with Crippen LogP contribution in [-0.4, -0.2) is 15.3 Å². The van der Waals surface area contributed by atoms with Crippen molar-refractivity contribution in [3.63, 3.8) is 0 Å². The number of terminal acetylenes is 1. The fourth-order valence-corrected chi connectivity index (χ4v) is 3.64. The van der Waals surface area contributed by atoms with Crippen molar-refractivity contribution >= 4 is 5.71 Å². The van der Waals surface area contributed by atoms with Crippen LogP contribution in [0.1, 0.15) is 27.9 Å². The van der Waals surface area contributed by atoms with Crippen LogP contribution in [0.25, 0.3) is 17.1 Å². The number of aryl methyl sites for hydroxylation is 1. The van der Waals surface area contributed by atoms with E-state index in [-0.39, 0.29) is 0 Å². The van der Waals surface area contributed by atoms with Gasteiger partial charge in [0.2, 0.25) is 0 Å². The Hall–Kier alpha value is -3.84. The minimum absolute atomic E-state index is 0.500. The van der Waals surface area contributed by atoms with E-state index in [1.165, 1.54) is 0 Å². The minimum atomic E-state index is 0.500. The zero-order valence-corrected chi connectivity index (χ0v) is 15.4. The number of imidazole rings is 1. The highest BCUT2D eigenvalue weighted by Gasteiger charge is 2.24. The number of rotatable bonds is 2. The molecule has 2 aromatic heterocycles. The summed E-state index contributed by atoms with van der Waals surface area (Å²) in [6.45, 7) is 2.52. The zero-order valence-electron chi connectivity index (χ0n) is 15.4. The van der Waals surface area contributed by atoms with Gasteiger partial charge in [-0.05, 0) is 36.8 Å². The van der Waals surface area contributed by atoms with E-state index in [1.54, 1.807) is 6.26 Å². The molecule has 4 aromatic rings. The van der Waals surface area contributed by atoms with Crippen molar-refractivity contribution < 1.29 is 4.42 Å². The average Bonchev–Trinajstić information content (AvgIpc) is 3.30. The van der Waals surface area contributed by atoms with Gasteiger partial charge in [0.25, 0.3) is 0 Å². The lowest BCUT2D eigenvalue weighted by Gasteiger charge is -2.12. The summed E-state index contributed by atoms with van der Waals surface area (Å²) >= 11 is 0. The molecule has 3 heterocycles. The van der Waals surface area contributed by atoms with Crippen LogP contribution in [0.4, 0.5) is 0 Å². The third kappa shape index (κ3) is 2.49. The molecule has 0 radical (unpaired) electrons. The Bertz CT molecular complexity index is 1250. The van der Waals surface area contributed by atoms with Crippen molar-refractivity contribution in [1.82, 2.24) is 9.55 Å². The van der Waals surface area contributed by atoms with Crippen LogP contribution in [0.3, 0.4) is 0 Å². The van der Waals surface area contributed by atoms with Gasteiger partial charge in [0, 0.05) is 16.7 Å². The summed E-state index contributed by atoms with van der Waals surface area (Å²) in [7, 11) is 0. The van der Waals surface area contributed by atoms with Crippen molar-refractivity contribution in [2.24, 2.45) is 4.99 Å². The first-order valence-corrected chi connectivity index (χ1v) is 9.08. The normalized spacial score (nSPS) is 12.5. The van der Waals surface area contributed by atoms with Crippen LogP contribution in [0.2, 0.25) is 0 Å². The standard InChI is InChI=1S/C24H17N3O/c1-3-17-9-10-20-19(13-17)22(18-7-5-4-6-8-18)25-14-21-23(26-15-27(20)21)24-16(2)11-12-28-24/h1,4-13,15H,14H2,2H3. The predicted octanol–water partition coefficient (Wildman–Crippen LogP) is 4.77. The monoisotopic (exact) mass is 363 g/mol. The number of hydrogen-bond acceptors (Lipinski definition) is 3. The van der Waals surface area contributed by atoms with Gasteiger partial charge in [0.15, 0.2) is 5.76 Å².